The van der Waals surface area contributed by atoms with Crippen molar-refractivity contribution < 1.29 is 14.3 Å². The summed E-state index contributed by atoms with van der Waals surface area (Å²) in [7, 11) is 1.53. The quantitative estimate of drug-likeness (QED) is 0.771. The molecule has 1 saturated carbocycles. The van der Waals surface area contributed by atoms with Crippen molar-refractivity contribution in [3.05, 3.63) is 52.5 Å². The van der Waals surface area contributed by atoms with Crippen LogP contribution >= 0.6 is 11.6 Å². The van der Waals surface area contributed by atoms with Crippen LogP contribution in [-0.2, 0) is 16.0 Å². The van der Waals surface area contributed by atoms with E-state index in [9.17, 15) is 9.59 Å². The molecule has 5 nitrogen and oxygen atoms in total. The number of hydrogen-bond donors (Lipinski definition) is 2. The summed E-state index contributed by atoms with van der Waals surface area (Å²) in [6.45, 7) is 4.02. The van der Waals surface area contributed by atoms with Gasteiger partial charge in [-0.3, -0.25) is 9.59 Å². The van der Waals surface area contributed by atoms with Crippen molar-refractivity contribution in [1.82, 2.24) is 0 Å². The maximum absolute atomic E-state index is 12.6. The highest BCUT2D eigenvalue weighted by Crippen LogP contribution is 2.41. The number of benzene rings is 2. The number of ether oxygens (including phenoxy) is 1. The van der Waals surface area contributed by atoms with E-state index in [2.05, 4.69) is 17.6 Å². The average Bonchev–Trinajstić information content (AvgIpc) is 3.44. The molecular weight excluding hydrogens is 364 g/mol. The molecule has 0 heterocycles. The van der Waals surface area contributed by atoms with Gasteiger partial charge in [-0.2, -0.15) is 0 Å². The molecule has 2 amide bonds. The smallest absolute Gasteiger partial charge is 0.228 e. The molecule has 3 rings (SSSR count). The second kappa shape index (κ2) is 8.01. The summed E-state index contributed by atoms with van der Waals surface area (Å²) in [4.78, 5) is 25.1. The molecule has 1 fully saturated rings. The third-order valence-corrected chi connectivity index (χ3v) is 5.11. The topological polar surface area (TPSA) is 67.4 Å². The summed E-state index contributed by atoms with van der Waals surface area (Å²) in [5, 5.41) is 6.33. The Kier molecular flexibility index (Phi) is 5.71. The summed E-state index contributed by atoms with van der Waals surface area (Å²) in [6, 6.07) is 11.0. The Morgan fingerprint density at radius 2 is 1.85 bits per heavy atom. The Morgan fingerprint density at radius 1 is 1.15 bits per heavy atom. The minimum absolute atomic E-state index is 0.114. The van der Waals surface area contributed by atoms with Gasteiger partial charge in [0.25, 0.3) is 0 Å². The minimum atomic E-state index is -0.345. The Hall–Kier alpha value is -2.53. The number of hydrogen-bond acceptors (Lipinski definition) is 3. The summed E-state index contributed by atoms with van der Waals surface area (Å²) >= 11 is 5.99. The molecule has 0 spiro atoms. The fraction of sp³-hybridized carbons (Fsp3) is 0.333. The Morgan fingerprint density at radius 3 is 2.52 bits per heavy atom. The summed E-state index contributed by atoms with van der Waals surface area (Å²) in [5.41, 5.74) is 3.47. The standard InChI is InChI=1S/C21H23ClN2O3/c1-4-13-7-5-6-12(2)19(13)24-21(26)16-11-15(16)20(25)23-17-10-14(22)8-9-18(17)27-3/h5-10,15-16H,4,11H2,1-3H3,(H,23,25)(H,24,26). The second-order valence-electron chi connectivity index (χ2n) is 6.73. The third kappa shape index (κ3) is 4.25. The van der Waals surface area contributed by atoms with Crippen molar-refractivity contribution in [3.63, 3.8) is 0 Å². The molecule has 0 aliphatic heterocycles. The third-order valence-electron chi connectivity index (χ3n) is 4.87. The number of rotatable bonds is 6. The number of carbonyl (C=O) groups is 2. The number of anilines is 2. The predicted molar refractivity (Wildman–Crippen MR) is 107 cm³/mol. The normalized spacial score (nSPS) is 17.9. The first-order chi connectivity index (χ1) is 12.9. The van der Waals surface area contributed by atoms with E-state index in [-0.39, 0.29) is 23.7 Å². The lowest BCUT2D eigenvalue weighted by atomic mass is 10.1. The molecule has 2 aromatic carbocycles. The van der Waals surface area contributed by atoms with Crippen LogP contribution in [0.15, 0.2) is 36.4 Å². The van der Waals surface area contributed by atoms with Crippen molar-refractivity contribution in [2.75, 3.05) is 17.7 Å². The molecule has 0 radical (unpaired) electrons. The largest absolute Gasteiger partial charge is 0.495 e. The molecule has 0 bridgehead atoms. The van der Waals surface area contributed by atoms with Crippen molar-refractivity contribution in [3.8, 4) is 5.75 Å². The first kappa shape index (κ1) is 19.2. The molecule has 27 heavy (non-hydrogen) atoms. The van der Waals surface area contributed by atoms with Gasteiger partial charge < -0.3 is 15.4 Å². The van der Waals surface area contributed by atoms with Crippen LogP contribution in [0.2, 0.25) is 5.02 Å². The fourth-order valence-electron chi connectivity index (χ4n) is 3.20. The van der Waals surface area contributed by atoms with Gasteiger partial charge in [-0.25, -0.2) is 0 Å². The molecule has 2 unspecified atom stereocenters. The molecule has 1 aliphatic rings. The van der Waals surface area contributed by atoms with Crippen LogP contribution in [0, 0.1) is 18.8 Å². The Balaban J connectivity index is 1.65. The lowest BCUT2D eigenvalue weighted by Gasteiger charge is -2.13. The zero-order valence-corrected chi connectivity index (χ0v) is 16.4. The van der Waals surface area contributed by atoms with Crippen molar-refractivity contribution in [2.24, 2.45) is 11.8 Å². The Labute approximate surface area is 164 Å². The zero-order valence-electron chi connectivity index (χ0n) is 15.6. The van der Waals surface area contributed by atoms with Crippen LogP contribution in [-0.4, -0.2) is 18.9 Å². The highest BCUT2D eigenvalue weighted by Gasteiger charge is 2.48. The maximum Gasteiger partial charge on any atom is 0.228 e. The molecule has 2 aromatic rings. The summed E-state index contributed by atoms with van der Waals surface area (Å²) < 4.78 is 5.24. The van der Waals surface area contributed by atoms with E-state index in [0.717, 1.165) is 23.2 Å². The summed E-state index contributed by atoms with van der Waals surface area (Å²) in [6.07, 6.45) is 1.37. The molecular formula is C21H23ClN2O3. The van der Waals surface area contributed by atoms with Crippen LogP contribution in [0.4, 0.5) is 11.4 Å². The minimum Gasteiger partial charge on any atom is -0.495 e. The van der Waals surface area contributed by atoms with E-state index < -0.39 is 0 Å². The lowest BCUT2D eigenvalue weighted by Crippen LogP contribution is -2.21. The number of aryl methyl sites for hydroxylation is 2. The first-order valence-electron chi connectivity index (χ1n) is 8.98. The van der Waals surface area contributed by atoms with E-state index in [1.54, 1.807) is 18.2 Å². The van der Waals surface area contributed by atoms with Crippen LogP contribution < -0.4 is 15.4 Å². The van der Waals surface area contributed by atoms with Crippen LogP contribution in [0.5, 0.6) is 5.75 Å². The van der Waals surface area contributed by atoms with Gasteiger partial charge in [0.15, 0.2) is 0 Å². The van der Waals surface area contributed by atoms with E-state index in [0.29, 0.717) is 22.9 Å². The molecule has 1 aliphatic carbocycles. The van der Waals surface area contributed by atoms with E-state index >= 15 is 0 Å². The molecule has 0 saturated heterocycles. The molecule has 142 valence electrons. The maximum atomic E-state index is 12.6. The van der Waals surface area contributed by atoms with Gasteiger partial charge in [-0.15, -0.1) is 0 Å². The monoisotopic (exact) mass is 386 g/mol. The van der Waals surface area contributed by atoms with Gasteiger partial charge in [0.05, 0.1) is 24.6 Å². The van der Waals surface area contributed by atoms with Crippen LogP contribution in [0.1, 0.15) is 24.5 Å². The Bertz CT molecular complexity index is 882. The lowest BCUT2D eigenvalue weighted by molar-refractivity contribution is -0.122. The number of carbonyl (C=O) groups excluding carboxylic acids is 2. The second-order valence-corrected chi connectivity index (χ2v) is 7.17. The van der Waals surface area contributed by atoms with Crippen molar-refractivity contribution in [2.45, 2.75) is 26.7 Å². The number of methoxy groups -OCH3 is 1. The van der Waals surface area contributed by atoms with E-state index in [1.165, 1.54) is 7.11 Å². The van der Waals surface area contributed by atoms with E-state index in [1.807, 2.05) is 25.1 Å². The number of nitrogens with one attached hydrogen (secondary N) is 2. The predicted octanol–water partition coefficient (Wildman–Crippen LogP) is 4.43. The molecule has 6 heteroatoms. The average molecular weight is 387 g/mol. The van der Waals surface area contributed by atoms with Crippen LogP contribution in [0.3, 0.4) is 0 Å². The van der Waals surface area contributed by atoms with E-state index in [4.69, 9.17) is 16.3 Å². The van der Waals surface area contributed by atoms with Gasteiger partial charge in [-0.05, 0) is 49.1 Å². The zero-order chi connectivity index (χ0) is 19.6. The molecule has 2 N–H and O–H groups in total. The molecule has 0 aromatic heterocycles. The SMILES string of the molecule is CCc1cccc(C)c1NC(=O)C1CC1C(=O)Nc1cc(Cl)ccc1OC. The van der Waals surface area contributed by atoms with Gasteiger partial charge >= 0.3 is 0 Å². The van der Waals surface area contributed by atoms with Gasteiger partial charge in [0.1, 0.15) is 5.75 Å². The number of halogens is 1. The van der Waals surface area contributed by atoms with Crippen molar-refractivity contribution >= 4 is 34.8 Å². The van der Waals surface area contributed by atoms with Crippen molar-refractivity contribution in [1.29, 1.82) is 0 Å². The highest BCUT2D eigenvalue weighted by molar-refractivity contribution is 6.31. The fourth-order valence-corrected chi connectivity index (χ4v) is 3.37. The van der Waals surface area contributed by atoms with Gasteiger partial charge in [0.2, 0.25) is 11.8 Å². The first-order valence-corrected chi connectivity index (χ1v) is 9.36. The highest BCUT2D eigenvalue weighted by atomic mass is 35.5. The van der Waals surface area contributed by atoms with Gasteiger partial charge in [0, 0.05) is 10.7 Å². The molecule has 2 atom stereocenters. The van der Waals surface area contributed by atoms with Gasteiger partial charge in [-0.1, -0.05) is 36.7 Å². The number of amides is 2. The van der Waals surface area contributed by atoms with Crippen LogP contribution in [0.25, 0.3) is 0 Å². The summed E-state index contributed by atoms with van der Waals surface area (Å²) in [5.74, 6) is -0.447. The number of para-hydroxylation sites is 1.